The molecule has 1 fully saturated rings. The van der Waals surface area contributed by atoms with E-state index in [1.165, 1.54) is 4.31 Å². The lowest BCUT2D eigenvalue weighted by molar-refractivity contribution is -0.121. The first-order valence-corrected chi connectivity index (χ1v) is 16.0. The molecule has 0 unspecified atom stereocenters. The van der Waals surface area contributed by atoms with E-state index in [1.54, 1.807) is 18.2 Å². The van der Waals surface area contributed by atoms with Gasteiger partial charge in [0.05, 0.1) is 36.7 Å². The van der Waals surface area contributed by atoms with Crippen LogP contribution >= 0.6 is 0 Å². The van der Waals surface area contributed by atoms with Crippen molar-refractivity contribution in [2.24, 2.45) is 5.92 Å². The van der Waals surface area contributed by atoms with Gasteiger partial charge in [-0.3, -0.25) is 9.69 Å². The van der Waals surface area contributed by atoms with Crippen LogP contribution in [-0.2, 0) is 27.7 Å². The Morgan fingerprint density at radius 2 is 1.85 bits per heavy atom. The van der Waals surface area contributed by atoms with E-state index in [0.29, 0.717) is 31.7 Å². The summed E-state index contributed by atoms with van der Waals surface area (Å²) in [6.07, 6.45) is 2.31. The standard InChI is InChI=1S/C31H44N4O5S/c1-23(2)20-35(41(38,39)27-11-12-30-26(18-27)13-16-40-30)21-29(36)28(17-25-9-5-4-6-10-25)33-24(3)19-32-31(37)22-34-14-7-8-15-34/h4-6,9-12,18,23,28-29,33,36H,3,7-8,13-17,19-22H2,1-2H3,(H,32,37)/t28-,29+/m0/s1. The number of hydrogen-bond acceptors (Lipinski definition) is 7. The minimum atomic E-state index is -3.87. The maximum atomic E-state index is 13.8. The van der Waals surface area contributed by atoms with Crippen molar-refractivity contribution in [3.05, 3.63) is 71.9 Å². The second-order valence-electron chi connectivity index (χ2n) is 11.5. The number of carbonyl (C=O) groups excluding carboxylic acids is 1. The first-order chi connectivity index (χ1) is 19.6. The van der Waals surface area contributed by atoms with Gasteiger partial charge in [0, 0.05) is 25.2 Å². The quantitative estimate of drug-likeness (QED) is 0.295. The number of benzene rings is 2. The van der Waals surface area contributed by atoms with Gasteiger partial charge in [-0.25, -0.2) is 8.42 Å². The van der Waals surface area contributed by atoms with Gasteiger partial charge in [-0.05, 0) is 67.6 Å². The normalized spacial score (nSPS) is 16.8. The summed E-state index contributed by atoms with van der Waals surface area (Å²) < 4.78 is 34.6. The Labute approximate surface area is 244 Å². The average Bonchev–Trinajstić information content (AvgIpc) is 3.63. The number of likely N-dealkylation sites (tertiary alicyclic amines) is 1. The molecule has 2 heterocycles. The first kappa shape index (κ1) is 31.0. The van der Waals surface area contributed by atoms with Gasteiger partial charge in [0.2, 0.25) is 15.9 Å². The highest BCUT2D eigenvalue weighted by atomic mass is 32.2. The monoisotopic (exact) mass is 584 g/mol. The second kappa shape index (κ2) is 14.3. The van der Waals surface area contributed by atoms with Gasteiger partial charge in [0.25, 0.3) is 0 Å². The number of hydrogen-bond donors (Lipinski definition) is 3. The van der Waals surface area contributed by atoms with E-state index in [2.05, 4.69) is 22.1 Å². The van der Waals surface area contributed by atoms with Crippen molar-refractivity contribution in [2.45, 2.75) is 56.6 Å². The van der Waals surface area contributed by atoms with E-state index >= 15 is 0 Å². The largest absolute Gasteiger partial charge is 0.493 e. The number of fused-ring (bicyclic) bond motifs is 1. The van der Waals surface area contributed by atoms with E-state index in [-0.39, 0.29) is 36.4 Å². The zero-order valence-corrected chi connectivity index (χ0v) is 25.0. The van der Waals surface area contributed by atoms with Crippen molar-refractivity contribution < 1.29 is 23.1 Å². The zero-order chi connectivity index (χ0) is 29.4. The first-order valence-electron chi connectivity index (χ1n) is 14.5. The number of rotatable bonds is 15. The number of nitrogens with one attached hydrogen (secondary N) is 2. The third-order valence-corrected chi connectivity index (χ3v) is 9.30. The van der Waals surface area contributed by atoms with Gasteiger partial charge in [-0.2, -0.15) is 4.31 Å². The molecule has 224 valence electrons. The van der Waals surface area contributed by atoms with Crippen molar-refractivity contribution in [2.75, 3.05) is 45.9 Å². The smallest absolute Gasteiger partial charge is 0.243 e. The van der Waals surface area contributed by atoms with Crippen LogP contribution in [0.4, 0.5) is 0 Å². The van der Waals surface area contributed by atoms with Crippen LogP contribution in [0.2, 0.25) is 0 Å². The fourth-order valence-electron chi connectivity index (χ4n) is 5.36. The van der Waals surface area contributed by atoms with Gasteiger partial charge in [0.1, 0.15) is 5.75 Å². The van der Waals surface area contributed by atoms with E-state index < -0.39 is 22.2 Å². The molecule has 2 atom stereocenters. The number of aliphatic hydroxyl groups is 1. The molecule has 0 radical (unpaired) electrons. The Morgan fingerprint density at radius 1 is 1.12 bits per heavy atom. The van der Waals surface area contributed by atoms with Crippen molar-refractivity contribution in [3.63, 3.8) is 0 Å². The molecule has 2 aliphatic heterocycles. The molecule has 41 heavy (non-hydrogen) atoms. The fraction of sp³-hybridized carbons (Fsp3) is 0.516. The summed E-state index contributed by atoms with van der Waals surface area (Å²) in [5.41, 5.74) is 2.42. The maximum Gasteiger partial charge on any atom is 0.243 e. The number of nitrogens with zero attached hydrogens (tertiary/aromatic N) is 2. The summed E-state index contributed by atoms with van der Waals surface area (Å²) in [7, 11) is -3.87. The van der Waals surface area contributed by atoms with Gasteiger partial charge in [-0.15, -0.1) is 0 Å². The minimum absolute atomic E-state index is 0.0519. The molecular weight excluding hydrogens is 540 g/mol. The third kappa shape index (κ3) is 8.78. The molecule has 10 heteroatoms. The van der Waals surface area contributed by atoms with Gasteiger partial charge < -0.3 is 20.5 Å². The van der Waals surface area contributed by atoms with Crippen molar-refractivity contribution in [1.29, 1.82) is 0 Å². The zero-order valence-electron chi connectivity index (χ0n) is 24.2. The van der Waals surface area contributed by atoms with Crippen LogP contribution in [0, 0.1) is 5.92 Å². The van der Waals surface area contributed by atoms with E-state index in [1.807, 2.05) is 44.2 Å². The minimum Gasteiger partial charge on any atom is -0.493 e. The molecule has 0 saturated carbocycles. The highest BCUT2D eigenvalue weighted by Crippen LogP contribution is 2.29. The molecule has 2 aromatic carbocycles. The fourth-order valence-corrected chi connectivity index (χ4v) is 7.03. The number of amides is 1. The van der Waals surface area contributed by atoms with Crippen molar-refractivity contribution in [3.8, 4) is 5.75 Å². The summed E-state index contributed by atoms with van der Waals surface area (Å²) in [6, 6.07) is 14.2. The summed E-state index contributed by atoms with van der Waals surface area (Å²) in [5, 5.41) is 17.7. The van der Waals surface area contributed by atoms with Crippen LogP contribution in [0.15, 0.2) is 65.7 Å². The van der Waals surface area contributed by atoms with Crippen LogP contribution in [-0.4, -0.2) is 86.7 Å². The molecule has 0 bridgehead atoms. The molecule has 2 aromatic rings. The van der Waals surface area contributed by atoms with Crippen molar-refractivity contribution >= 4 is 15.9 Å². The molecule has 0 aliphatic carbocycles. The average molecular weight is 585 g/mol. The van der Waals surface area contributed by atoms with Crippen molar-refractivity contribution in [1.82, 2.24) is 19.8 Å². The summed E-state index contributed by atoms with van der Waals surface area (Å²) >= 11 is 0. The summed E-state index contributed by atoms with van der Waals surface area (Å²) in [6.45, 7) is 11.2. The molecule has 0 spiro atoms. The number of ether oxygens (including phenoxy) is 1. The molecule has 1 amide bonds. The Morgan fingerprint density at radius 3 is 2.56 bits per heavy atom. The van der Waals surface area contributed by atoms with Crippen LogP contribution in [0.3, 0.4) is 0 Å². The lowest BCUT2D eigenvalue weighted by atomic mass is 10.0. The predicted molar refractivity (Wildman–Crippen MR) is 160 cm³/mol. The summed E-state index contributed by atoms with van der Waals surface area (Å²) in [5.74, 6) is 0.706. The molecular formula is C31H44N4O5S. The maximum absolute atomic E-state index is 13.8. The molecule has 3 N–H and O–H groups in total. The molecule has 0 aromatic heterocycles. The van der Waals surface area contributed by atoms with Crippen LogP contribution < -0.4 is 15.4 Å². The Balaban J connectivity index is 1.46. The predicted octanol–water partition coefficient (Wildman–Crippen LogP) is 2.56. The lowest BCUT2D eigenvalue weighted by Gasteiger charge is -2.31. The van der Waals surface area contributed by atoms with E-state index in [0.717, 1.165) is 42.8 Å². The Bertz CT molecular complexity index is 1280. The topological polar surface area (TPSA) is 111 Å². The number of carbonyl (C=O) groups is 1. The molecule has 1 saturated heterocycles. The van der Waals surface area contributed by atoms with E-state index in [9.17, 15) is 18.3 Å². The molecule has 9 nitrogen and oxygen atoms in total. The van der Waals surface area contributed by atoms with Gasteiger partial charge >= 0.3 is 0 Å². The lowest BCUT2D eigenvalue weighted by Crippen LogP contribution is -2.50. The van der Waals surface area contributed by atoms with E-state index in [4.69, 9.17) is 4.74 Å². The Kier molecular flexibility index (Phi) is 10.8. The summed E-state index contributed by atoms with van der Waals surface area (Å²) in [4.78, 5) is 14.8. The third-order valence-electron chi connectivity index (χ3n) is 7.48. The van der Waals surface area contributed by atoms with Gasteiger partial charge in [0.15, 0.2) is 0 Å². The Hall–Kier alpha value is -2.92. The SMILES string of the molecule is C=C(CNC(=O)CN1CCCC1)N[C@@H](Cc1ccccc1)[C@H](O)CN(CC(C)C)S(=O)(=O)c1ccc2c(c1)CCO2. The molecule has 2 aliphatic rings. The number of sulfonamides is 1. The van der Waals surface area contributed by atoms with Gasteiger partial charge in [-0.1, -0.05) is 50.8 Å². The number of aliphatic hydroxyl groups excluding tert-OH is 1. The van der Waals surface area contributed by atoms with Crippen LogP contribution in [0.1, 0.15) is 37.8 Å². The highest BCUT2D eigenvalue weighted by molar-refractivity contribution is 7.89. The van der Waals surface area contributed by atoms with Crippen LogP contribution in [0.25, 0.3) is 0 Å². The molecule has 4 rings (SSSR count). The second-order valence-corrected chi connectivity index (χ2v) is 13.4. The van der Waals surface area contributed by atoms with Crippen LogP contribution in [0.5, 0.6) is 5.75 Å². The highest BCUT2D eigenvalue weighted by Gasteiger charge is 2.32.